The standard InChI is InChI=1S/C15H19ClN2S/c1-4-17-14(8-15-18-11(3)9-19-15)13-7-12(16)6-5-10(13)2/h5-7,9,14,17H,4,8H2,1-3H3. The van der Waals surface area contributed by atoms with Gasteiger partial charge in [-0.25, -0.2) is 4.98 Å². The van der Waals surface area contributed by atoms with Crippen molar-refractivity contribution in [1.82, 2.24) is 10.3 Å². The Labute approximate surface area is 123 Å². The molecular formula is C15H19ClN2S. The maximum absolute atomic E-state index is 6.13. The van der Waals surface area contributed by atoms with E-state index >= 15 is 0 Å². The number of rotatable bonds is 5. The van der Waals surface area contributed by atoms with E-state index in [1.807, 2.05) is 13.0 Å². The molecule has 1 unspecified atom stereocenters. The molecule has 0 aliphatic heterocycles. The average molecular weight is 295 g/mol. The molecule has 4 heteroatoms. The highest BCUT2D eigenvalue weighted by Gasteiger charge is 2.15. The molecule has 1 N–H and O–H groups in total. The topological polar surface area (TPSA) is 24.9 Å². The summed E-state index contributed by atoms with van der Waals surface area (Å²) in [7, 11) is 0. The molecule has 1 aromatic heterocycles. The highest BCUT2D eigenvalue weighted by atomic mass is 35.5. The van der Waals surface area contributed by atoms with Gasteiger partial charge >= 0.3 is 0 Å². The third-order valence-corrected chi connectivity index (χ3v) is 4.34. The second kappa shape index (κ2) is 6.51. The molecule has 0 saturated heterocycles. The number of nitrogens with one attached hydrogen (secondary N) is 1. The monoisotopic (exact) mass is 294 g/mol. The summed E-state index contributed by atoms with van der Waals surface area (Å²) in [5, 5.41) is 7.59. The third kappa shape index (κ3) is 3.78. The molecule has 2 aromatic rings. The van der Waals surface area contributed by atoms with E-state index < -0.39 is 0 Å². The Hall–Kier alpha value is -0.900. The van der Waals surface area contributed by atoms with Crippen LogP contribution in [-0.2, 0) is 6.42 Å². The summed E-state index contributed by atoms with van der Waals surface area (Å²) in [4.78, 5) is 4.56. The summed E-state index contributed by atoms with van der Waals surface area (Å²) < 4.78 is 0. The molecule has 0 aliphatic carbocycles. The van der Waals surface area contributed by atoms with Crippen molar-refractivity contribution in [2.75, 3.05) is 6.54 Å². The van der Waals surface area contributed by atoms with Crippen molar-refractivity contribution in [2.24, 2.45) is 0 Å². The van der Waals surface area contributed by atoms with E-state index in [1.54, 1.807) is 11.3 Å². The molecule has 1 atom stereocenters. The summed E-state index contributed by atoms with van der Waals surface area (Å²) in [6, 6.07) is 6.35. The van der Waals surface area contributed by atoms with Gasteiger partial charge in [0.15, 0.2) is 0 Å². The lowest BCUT2D eigenvalue weighted by atomic mass is 9.99. The van der Waals surface area contributed by atoms with Gasteiger partial charge in [-0.15, -0.1) is 11.3 Å². The largest absolute Gasteiger partial charge is 0.310 e. The van der Waals surface area contributed by atoms with Gasteiger partial charge in [0.05, 0.1) is 5.01 Å². The Balaban J connectivity index is 2.26. The molecule has 0 saturated carbocycles. The van der Waals surface area contributed by atoms with Crippen molar-refractivity contribution in [3.8, 4) is 0 Å². The van der Waals surface area contributed by atoms with E-state index in [0.717, 1.165) is 23.7 Å². The van der Waals surface area contributed by atoms with Crippen LogP contribution >= 0.6 is 22.9 Å². The molecule has 0 bridgehead atoms. The van der Waals surface area contributed by atoms with Crippen LogP contribution in [0.1, 0.15) is 34.8 Å². The summed E-state index contributed by atoms with van der Waals surface area (Å²) >= 11 is 7.85. The van der Waals surface area contributed by atoms with Crippen LogP contribution in [0.5, 0.6) is 0 Å². The molecule has 0 fully saturated rings. The molecule has 0 spiro atoms. The molecule has 1 heterocycles. The van der Waals surface area contributed by atoms with E-state index in [2.05, 4.69) is 41.7 Å². The number of aromatic nitrogens is 1. The predicted octanol–water partition coefficient (Wildman–Crippen LogP) is 4.31. The Bertz CT molecular complexity index is 551. The quantitative estimate of drug-likeness (QED) is 0.889. The highest BCUT2D eigenvalue weighted by Crippen LogP contribution is 2.26. The molecule has 0 aliphatic rings. The summed E-state index contributed by atoms with van der Waals surface area (Å²) in [5.41, 5.74) is 3.63. The van der Waals surface area contributed by atoms with Gasteiger partial charge < -0.3 is 5.32 Å². The number of benzene rings is 1. The summed E-state index contributed by atoms with van der Waals surface area (Å²) in [6.07, 6.45) is 0.910. The number of nitrogens with zero attached hydrogens (tertiary/aromatic N) is 1. The maximum Gasteiger partial charge on any atom is 0.0947 e. The van der Waals surface area contributed by atoms with Gasteiger partial charge in [0.25, 0.3) is 0 Å². The van der Waals surface area contributed by atoms with Crippen LogP contribution in [0, 0.1) is 13.8 Å². The van der Waals surface area contributed by atoms with Gasteiger partial charge in [0.1, 0.15) is 0 Å². The fraction of sp³-hybridized carbons (Fsp3) is 0.400. The summed E-state index contributed by atoms with van der Waals surface area (Å²) in [6.45, 7) is 7.22. The highest BCUT2D eigenvalue weighted by molar-refractivity contribution is 7.09. The summed E-state index contributed by atoms with van der Waals surface area (Å²) in [5.74, 6) is 0. The van der Waals surface area contributed by atoms with Gasteiger partial charge in [-0.3, -0.25) is 0 Å². The van der Waals surface area contributed by atoms with Gasteiger partial charge in [0, 0.05) is 28.6 Å². The number of hydrogen-bond acceptors (Lipinski definition) is 3. The van der Waals surface area contributed by atoms with E-state index in [1.165, 1.54) is 16.1 Å². The first-order chi connectivity index (χ1) is 9.10. The number of aryl methyl sites for hydroxylation is 2. The van der Waals surface area contributed by atoms with Crippen molar-refractivity contribution in [1.29, 1.82) is 0 Å². The fourth-order valence-electron chi connectivity index (χ4n) is 2.20. The van der Waals surface area contributed by atoms with Crippen LogP contribution < -0.4 is 5.32 Å². The van der Waals surface area contributed by atoms with E-state index in [-0.39, 0.29) is 6.04 Å². The van der Waals surface area contributed by atoms with E-state index in [4.69, 9.17) is 11.6 Å². The number of hydrogen-bond donors (Lipinski definition) is 1. The lowest BCUT2D eigenvalue weighted by molar-refractivity contribution is 0.546. The smallest absolute Gasteiger partial charge is 0.0947 e. The first-order valence-electron chi connectivity index (χ1n) is 6.50. The van der Waals surface area contributed by atoms with Gasteiger partial charge in [0.2, 0.25) is 0 Å². The second-order valence-electron chi connectivity index (χ2n) is 4.70. The second-order valence-corrected chi connectivity index (χ2v) is 6.08. The number of thiazole rings is 1. The average Bonchev–Trinajstić information content (AvgIpc) is 2.77. The van der Waals surface area contributed by atoms with Crippen LogP contribution in [0.4, 0.5) is 0 Å². The first-order valence-corrected chi connectivity index (χ1v) is 7.76. The van der Waals surface area contributed by atoms with Gasteiger partial charge in [-0.1, -0.05) is 24.6 Å². The SMILES string of the molecule is CCNC(Cc1nc(C)cs1)c1cc(Cl)ccc1C. The van der Waals surface area contributed by atoms with Crippen molar-refractivity contribution in [3.05, 3.63) is 50.4 Å². The fourth-order valence-corrected chi connectivity index (χ4v) is 3.20. The molecule has 2 nitrogen and oxygen atoms in total. The third-order valence-electron chi connectivity index (χ3n) is 3.11. The van der Waals surface area contributed by atoms with Crippen molar-refractivity contribution < 1.29 is 0 Å². The Morgan fingerprint density at radius 1 is 1.37 bits per heavy atom. The zero-order valence-corrected chi connectivity index (χ0v) is 13.1. The normalized spacial score (nSPS) is 12.6. The Kier molecular flexibility index (Phi) is 4.97. The molecule has 102 valence electrons. The number of halogens is 1. The van der Waals surface area contributed by atoms with Crippen LogP contribution in [0.3, 0.4) is 0 Å². The molecule has 1 aromatic carbocycles. The molecule has 0 radical (unpaired) electrons. The Morgan fingerprint density at radius 3 is 2.79 bits per heavy atom. The molecule has 2 rings (SSSR count). The zero-order valence-electron chi connectivity index (χ0n) is 11.5. The van der Waals surface area contributed by atoms with Crippen molar-refractivity contribution >= 4 is 22.9 Å². The first kappa shape index (κ1) is 14.5. The van der Waals surface area contributed by atoms with Gasteiger partial charge in [-0.05, 0) is 43.7 Å². The maximum atomic E-state index is 6.13. The van der Waals surface area contributed by atoms with E-state index in [0.29, 0.717) is 0 Å². The predicted molar refractivity (Wildman–Crippen MR) is 83.2 cm³/mol. The molecule has 19 heavy (non-hydrogen) atoms. The van der Waals surface area contributed by atoms with Gasteiger partial charge in [-0.2, -0.15) is 0 Å². The lowest BCUT2D eigenvalue weighted by Crippen LogP contribution is -2.23. The minimum Gasteiger partial charge on any atom is -0.310 e. The molecular weight excluding hydrogens is 276 g/mol. The minimum absolute atomic E-state index is 0.272. The van der Waals surface area contributed by atoms with Crippen molar-refractivity contribution in [3.63, 3.8) is 0 Å². The van der Waals surface area contributed by atoms with Crippen LogP contribution in [0.25, 0.3) is 0 Å². The lowest BCUT2D eigenvalue weighted by Gasteiger charge is -2.19. The zero-order chi connectivity index (χ0) is 13.8. The Morgan fingerprint density at radius 2 is 2.16 bits per heavy atom. The van der Waals surface area contributed by atoms with Crippen LogP contribution in [0.2, 0.25) is 5.02 Å². The van der Waals surface area contributed by atoms with Crippen molar-refractivity contribution in [2.45, 2.75) is 33.2 Å². The number of likely N-dealkylation sites (N-methyl/N-ethyl adjacent to an activating group) is 1. The molecule has 0 amide bonds. The van der Waals surface area contributed by atoms with Crippen LogP contribution in [-0.4, -0.2) is 11.5 Å². The minimum atomic E-state index is 0.272. The van der Waals surface area contributed by atoms with E-state index in [9.17, 15) is 0 Å². The van der Waals surface area contributed by atoms with Crippen LogP contribution in [0.15, 0.2) is 23.6 Å².